The van der Waals surface area contributed by atoms with Crippen LogP contribution < -0.4 is 0 Å². The fraction of sp³-hybridized carbons (Fsp3) is 1.00. The average molecular weight is 322 g/mol. The van der Waals surface area contributed by atoms with E-state index in [2.05, 4.69) is 21.7 Å². The molecule has 0 spiro atoms. The normalized spacial score (nSPS) is 20.9. The maximum absolute atomic E-state index is 2.64. The van der Waals surface area contributed by atoms with E-state index in [1.165, 1.54) is 71.6 Å². The Kier molecular flexibility index (Phi) is 18.0. The molecule has 3 nitrogen and oxygen atoms in total. The Bertz CT molecular complexity index is 177. The maximum Gasteiger partial charge on any atom is 0.0110 e. The van der Waals surface area contributed by atoms with Crippen LogP contribution in [0, 0.1) is 0 Å². The van der Waals surface area contributed by atoms with Crippen molar-refractivity contribution in [2.24, 2.45) is 0 Å². The van der Waals surface area contributed by atoms with E-state index in [0.717, 1.165) is 0 Å². The summed E-state index contributed by atoms with van der Waals surface area (Å²) in [5.74, 6) is 0. The molecule has 2 aliphatic heterocycles. The summed E-state index contributed by atoms with van der Waals surface area (Å²) in [6.07, 6.45) is 4.29. The van der Waals surface area contributed by atoms with Crippen LogP contribution in [-0.4, -0.2) is 74.1 Å². The Labute approximate surface area is 140 Å². The summed E-state index contributed by atoms with van der Waals surface area (Å²) in [5.41, 5.74) is 0. The molecule has 4 heteroatoms. The van der Waals surface area contributed by atoms with Gasteiger partial charge in [0.15, 0.2) is 0 Å². The van der Waals surface area contributed by atoms with Gasteiger partial charge in [0.25, 0.3) is 0 Å². The molecule has 0 amide bonds. The van der Waals surface area contributed by atoms with Crippen molar-refractivity contribution in [3.8, 4) is 0 Å². The third-order valence-electron chi connectivity index (χ3n) is 3.78. The van der Waals surface area contributed by atoms with Crippen LogP contribution in [-0.2, 0) is 18.6 Å². The molecule has 0 atom stereocenters. The monoisotopic (exact) mass is 322 g/mol. The van der Waals surface area contributed by atoms with Gasteiger partial charge in [-0.2, -0.15) is 0 Å². The Morgan fingerprint density at radius 3 is 1.45 bits per heavy atom. The number of rotatable bonds is 3. The molecule has 0 aromatic carbocycles. The molecular weight excluding hydrogens is 285 g/mol. The molecule has 0 unspecified atom stereocenters. The van der Waals surface area contributed by atoms with E-state index >= 15 is 0 Å². The quantitative estimate of drug-likeness (QED) is 0.791. The Hall–Kier alpha value is 0.464. The SMILES string of the molecule is CC.CC.CN1CCN(CCN2CCCCC2)CC1.[V]. The van der Waals surface area contributed by atoms with Gasteiger partial charge in [-0.05, 0) is 33.0 Å². The minimum Gasteiger partial charge on any atom is -0.304 e. The molecule has 2 rings (SSSR count). The maximum atomic E-state index is 2.64. The van der Waals surface area contributed by atoms with Gasteiger partial charge in [0.2, 0.25) is 0 Å². The molecule has 121 valence electrons. The van der Waals surface area contributed by atoms with Crippen LogP contribution in [0.25, 0.3) is 0 Å². The summed E-state index contributed by atoms with van der Waals surface area (Å²) in [6, 6.07) is 0. The fourth-order valence-corrected chi connectivity index (χ4v) is 2.54. The third-order valence-corrected chi connectivity index (χ3v) is 3.78. The fourth-order valence-electron chi connectivity index (χ4n) is 2.54. The molecule has 20 heavy (non-hydrogen) atoms. The molecule has 0 aromatic heterocycles. The first-order valence-corrected chi connectivity index (χ1v) is 8.48. The van der Waals surface area contributed by atoms with Crippen molar-refractivity contribution in [2.45, 2.75) is 47.0 Å². The summed E-state index contributed by atoms with van der Waals surface area (Å²) in [6.45, 7) is 18.3. The predicted octanol–water partition coefficient (Wildman–Crippen LogP) is 2.77. The second kappa shape index (κ2) is 15.8. The number of hydrogen-bond donors (Lipinski definition) is 0. The van der Waals surface area contributed by atoms with Crippen molar-refractivity contribution in [3.63, 3.8) is 0 Å². The van der Waals surface area contributed by atoms with E-state index < -0.39 is 0 Å². The van der Waals surface area contributed by atoms with E-state index in [9.17, 15) is 0 Å². The van der Waals surface area contributed by atoms with Crippen molar-refractivity contribution >= 4 is 0 Å². The summed E-state index contributed by atoms with van der Waals surface area (Å²) in [7, 11) is 2.22. The van der Waals surface area contributed by atoms with Gasteiger partial charge in [0.05, 0.1) is 0 Å². The smallest absolute Gasteiger partial charge is 0.0110 e. The van der Waals surface area contributed by atoms with Crippen LogP contribution in [0.1, 0.15) is 47.0 Å². The number of piperazine rings is 1. The minimum absolute atomic E-state index is 0. The van der Waals surface area contributed by atoms with Crippen LogP contribution in [0.15, 0.2) is 0 Å². The van der Waals surface area contributed by atoms with Crippen LogP contribution in [0.3, 0.4) is 0 Å². The van der Waals surface area contributed by atoms with Crippen molar-refractivity contribution in [3.05, 3.63) is 0 Å². The van der Waals surface area contributed by atoms with Gasteiger partial charge in [-0.1, -0.05) is 34.1 Å². The Balaban J connectivity index is 0. The summed E-state index contributed by atoms with van der Waals surface area (Å²) >= 11 is 0. The molecule has 2 fully saturated rings. The third kappa shape index (κ3) is 10.2. The van der Waals surface area contributed by atoms with Crippen LogP contribution in [0.4, 0.5) is 0 Å². The molecular formula is C16H37N3V. The molecule has 2 heterocycles. The second-order valence-corrected chi connectivity index (χ2v) is 5.05. The van der Waals surface area contributed by atoms with Crippen molar-refractivity contribution < 1.29 is 18.6 Å². The number of likely N-dealkylation sites (N-methyl/N-ethyl adjacent to an activating group) is 1. The molecule has 0 saturated carbocycles. The van der Waals surface area contributed by atoms with Gasteiger partial charge in [0, 0.05) is 57.8 Å². The first-order chi connectivity index (χ1) is 9.34. The standard InChI is InChI=1S/C12H25N3.2C2H6.V/c1-13-7-9-15(10-8-13)12-11-14-5-3-2-4-6-14;2*1-2;/h2-12H2,1H3;2*1-2H3;. The summed E-state index contributed by atoms with van der Waals surface area (Å²) in [4.78, 5) is 7.69. The average Bonchev–Trinajstić information content (AvgIpc) is 2.52. The molecule has 2 saturated heterocycles. The summed E-state index contributed by atoms with van der Waals surface area (Å²) in [5, 5.41) is 0. The Morgan fingerprint density at radius 2 is 1.00 bits per heavy atom. The largest absolute Gasteiger partial charge is 0.304 e. The number of piperidine rings is 1. The Morgan fingerprint density at radius 1 is 0.600 bits per heavy atom. The van der Waals surface area contributed by atoms with E-state index in [1.807, 2.05) is 27.7 Å². The van der Waals surface area contributed by atoms with Crippen LogP contribution in [0.5, 0.6) is 0 Å². The zero-order chi connectivity index (χ0) is 14.5. The number of hydrogen-bond acceptors (Lipinski definition) is 3. The molecule has 0 aliphatic carbocycles. The van der Waals surface area contributed by atoms with E-state index in [4.69, 9.17) is 0 Å². The van der Waals surface area contributed by atoms with Gasteiger partial charge in [-0.25, -0.2) is 0 Å². The van der Waals surface area contributed by atoms with E-state index in [1.54, 1.807) is 0 Å². The van der Waals surface area contributed by atoms with Crippen molar-refractivity contribution in [1.82, 2.24) is 14.7 Å². The molecule has 1 radical (unpaired) electrons. The van der Waals surface area contributed by atoms with E-state index in [0.29, 0.717) is 0 Å². The first kappa shape index (κ1) is 22.7. The van der Waals surface area contributed by atoms with E-state index in [-0.39, 0.29) is 18.6 Å². The number of likely N-dealkylation sites (tertiary alicyclic amines) is 1. The molecule has 0 bridgehead atoms. The minimum atomic E-state index is 0. The molecule has 0 N–H and O–H groups in total. The van der Waals surface area contributed by atoms with Crippen LogP contribution >= 0.6 is 0 Å². The number of nitrogens with zero attached hydrogens (tertiary/aromatic N) is 3. The second-order valence-electron chi connectivity index (χ2n) is 5.05. The zero-order valence-electron chi connectivity index (χ0n) is 14.6. The van der Waals surface area contributed by atoms with Gasteiger partial charge in [-0.3, -0.25) is 4.90 Å². The summed E-state index contributed by atoms with van der Waals surface area (Å²) < 4.78 is 0. The van der Waals surface area contributed by atoms with Gasteiger partial charge < -0.3 is 9.80 Å². The molecule has 0 aromatic rings. The first-order valence-electron chi connectivity index (χ1n) is 8.48. The predicted molar refractivity (Wildman–Crippen MR) is 86.9 cm³/mol. The topological polar surface area (TPSA) is 9.72 Å². The zero-order valence-corrected chi connectivity index (χ0v) is 16.0. The van der Waals surface area contributed by atoms with Gasteiger partial charge >= 0.3 is 0 Å². The van der Waals surface area contributed by atoms with Crippen molar-refractivity contribution in [1.29, 1.82) is 0 Å². The molecule has 2 aliphatic rings. The van der Waals surface area contributed by atoms with Crippen LogP contribution in [0.2, 0.25) is 0 Å². The van der Waals surface area contributed by atoms with Gasteiger partial charge in [-0.15, -0.1) is 0 Å². The van der Waals surface area contributed by atoms with Gasteiger partial charge in [0.1, 0.15) is 0 Å². The van der Waals surface area contributed by atoms with Crippen molar-refractivity contribution in [2.75, 3.05) is 59.4 Å².